The molecule has 0 spiro atoms. The van der Waals surface area contributed by atoms with Gasteiger partial charge >= 0.3 is 0 Å². The van der Waals surface area contributed by atoms with Gasteiger partial charge in [0.25, 0.3) is 5.91 Å². The first-order chi connectivity index (χ1) is 12.5. The number of hydrogen-bond donors (Lipinski definition) is 2. The van der Waals surface area contributed by atoms with Crippen LogP contribution in [-0.4, -0.2) is 21.9 Å². The molecule has 0 saturated heterocycles. The summed E-state index contributed by atoms with van der Waals surface area (Å²) in [7, 11) is 0. The molecule has 26 heavy (non-hydrogen) atoms. The molecule has 1 heterocycles. The Hall–Kier alpha value is -2.57. The summed E-state index contributed by atoms with van der Waals surface area (Å²) >= 11 is 0. The molecule has 3 rings (SSSR count). The van der Waals surface area contributed by atoms with Gasteiger partial charge in [-0.3, -0.25) is 4.79 Å². The highest BCUT2D eigenvalue weighted by molar-refractivity contribution is 5.92. The fraction of sp³-hybridized carbons (Fsp3) is 0.421. The van der Waals surface area contributed by atoms with E-state index < -0.39 is 11.6 Å². The van der Waals surface area contributed by atoms with Crippen molar-refractivity contribution >= 4 is 17.5 Å². The van der Waals surface area contributed by atoms with Gasteiger partial charge in [-0.1, -0.05) is 25.7 Å². The Kier molecular flexibility index (Phi) is 5.75. The SMILES string of the molecule is Cc1cc(C(=O)NC2CCCCCC2)nc(Nc2ccc(F)cc2F)n1. The van der Waals surface area contributed by atoms with E-state index in [-0.39, 0.29) is 29.3 Å². The lowest BCUT2D eigenvalue weighted by molar-refractivity contribution is 0.0928. The van der Waals surface area contributed by atoms with Crippen LogP contribution in [0.5, 0.6) is 0 Å². The first-order valence-electron chi connectivity index (χ1n) is 8.90. The lowest BCUT2D eigenvalue weighted by Crippen LogP contribution is -2.35. The second kappa shape index (κ2) is 8.21. The van der Waals surface area contributed by atoms with Crippen molar-refractivity contribution < 1.29 is 13.6 Å². The minimum Gasteiger partial charge on any atom is -0.348 e. The molecule has 1 aromatic heterocycles. The van der Waals surface area contributed by atoms with Crippen molar-refractivity contribution in [1.29, 1.82) is 0 Å². The van der Waals surface area contributed by atoms with Gasteiger partial charge in [0.15, 0.2) is 0 Å². The molecule has 0 bridgehead atoms. The van der Waals surface area contributed by atoms with Crippen LogP contribution in [-0.2, 0) is 0 Å². The van der Waals surface area contributed by atoms with Crippen LogP contribution in [0.25, 0.3) is 0 Å². The summed E-state index contributed by atoms with van der Waals surface area (Å²) in [6.45, 7) is 1.73. The van der Waals surface area contributed by atoms with Gasteiger partial charge in [-0.15, -0.1) is 0 Å². The Morgan fingerprint density at radius 2 is 1.81 bits per heavy atom. The number of nitrogens with zero attached hydrogens (tertiary/aromatic N) is 2. The first-order valence-corrected chi connectivity index (χ1v) is 8.90. The molecule has 7 heteroatoms. The lowest BCUT2D eigenvalue weighted by Gasteiger charge is -2.16. The fourth-order valence-corrected chi connectivity index (χ4v) is 3.14. The van der Waals surface area contributed by atoms with E-state index >= 15 is 0 Å². The van der Waals surface area contributed by atoms with E-state index in [1.807, 2.05) is 0 Å². The third kappa shape index (κ3) is 4.74. The third-order valence-electron chi connectivity index (χ3n) is 4.45. The van der Waals surface area contributed by atoms with E-state index in [1.165, 1.54) is 18.9 Å². The smallest absolute Gasteiger partial charge is 0.270 e. The van der Waals surface area contributed by atoms with Crippen LogP contribution >= 0.6 is 0 Å². The molecule has 1 aliphatic carbocycles. The monoisotopic (exact) mass is 360 g/mol. The van der Waals surface area contributed by atoms with Gasteiger partial charge in [0.2, 0.25) is 5.95 Å². The minimum atomic E-state index is -0.750. The van der Waals surface area contributed by atoms with Gasteiger partial charge in [-0.25, -0.2) is 18.7 Å². The molecular weight excluding hydrogens is 338 g/mol. The molecule has 2 aromatic rings. The summed E-state index contributed by atoms with van der Waals surface area (Å²) in [4.78, 5) is 20.9. The number of hydrogen-bond acceptors (Lipinski definition) is 4. The number of anilines is 2. The summed E-state index contributed by atoms with van der Waals surface area (Å²) in [6, 6.07) is 4.93. The largest absolute Gasteiger partial charge is 0.348 e. The maximum atomic E-state index is 13.8. The molecule has 1 aromatic carbocycles. The topological polar surface area (TPSA) is 66.9 Å². The normalized spacial score (nSPS) is 15.3. The quantitative estimate of drug-likeness (QED) is 0.800. The number of aromatic nitrogens is 2. The van der Waals surface area contributed by atoms with E-state index in [0.29, 0.717) is 5.69 Å². The molecule has 5 nitrogen and oxygen atoms in total. The zero-order chi connectivity index (χ0) is 18.5. The average molecular weight is 360 g/mol. The zero-order valence-electron chi connectivity index (χ0n) is 14.7. The fourth-order valence-electron chi connectivity index (χ4n) is 3.14. The summed E-state index contributed by atoms with van der Waals surface area (Å²) in [5, 5.41) is 5.74. The number of amides is 1. The molecular formula is C19H22F2N4O. The van der Waals surface area contributed by atoms with Crippen molar-refractivity contribution in [3.8, 4) is 0 Å². The molecule has 0 unspecified atom stereocenters. The highest BCUT2D eigenvalue weighted by Crippen LogP contribution is 2.20. The van der Waals surface area contributed by atoms with E-state index in [1.54, 1.807) is 13.0 Å². The number of benzene rings is 1. The van der Waals surface area contributed by atoms with Gasteiger partial charge < -0.3 is 10.6 Å². The van der Waals surface area contributed by atoms with E-state index in [2.05, 4.69) is 20.6 Å². The van der Waals surface area contributed by atoms with Crippen LogP contribution in [0.4, 0.5) is 20.4 Å². The summed E-state index contributed by atoms with van der Waals surface area (Å²) < 4.78 is 26.8. The predicted molar refractivity (Wildman–Crippen MR) is 95.4 cm³/mol. The second-order valence-corrected chi connectivity index (χ2v) is 6.63. The number of aryl methyl sites for hydroxylation is 1. The highest BCUT2D eigenvalue weighted by atomic mass is 19.1. The molecule has 1 fully saturated rings. The van der Waals surface area contributed by atoms with Gasteiger partial charge in [-0.2, -0.15) is 0 Å². The van der Waals surface area contributed by atoms with Crippen molar-refractivity contribution in [1.82, 2.24) is 15.3 Å². The van der Waals surface area contributed by atoms with Gasteiger partial charge in [0.1, 0.15) is 17.3 Å². The Bertz CT molecular complexity index is 789. The first kappa shape index (κ1) is 18.2. The second-order valence-electron chi connectivity index (χ2n) is 6.63. The van der Waals surface area contributed by atoms with Crippen molar-refractivity contribution in [2.45, 2.75) is 51.5 Å². The molecule has 138 valence electrons. The molecule has 1 saturated carbocycles. The number of nitrogens with one attached hydrogen (secondary N) is 2. The molecule has 0 atom stereocenters. The van der Waals surface area contributed by atoms with E-state index in [4.69, 9.17) is 0 Å². The van der Waals surface area contributed by atoms with Crippen molar-refractivity contribution in [2.24, 2.45) is 0 Å². The van der Waals surface area contributed by atoms with E-state index in [9.17, 15) is 13.6 Å². The summed E-state index contributed by atoms with van der Waals surface area (Å²) in [5.74, 6) is -1.58. The van der Waals surface area contributed by atoms with E-state index in [0.717, 1.165) is 37.8 Å². The predicted octanol–water partition coefficient (Wildman–Crippen LogP) is 4.26. The van der Waals surface area contributed by atoms with Gasteiger partial charge in [-0.05, 0) is 38.0 Å². The Morgan fingerprint density at radius 1 is 1.08 bits per heavy atom. The Labute approximate surface area is 151 Å². The van der Waals surface area contributed by atoms with Crippen molar-refractivity contribution in [3.63, 3.8) is 0 Å². The third-order valence-corrected chi connectivity index (χ3v) is 4.45. The maximum absolute atomic E-state index is 13.8. The number of halogens is 2. The van der Waals surface area contributed by atoms with Crippen LogP contribution < -0.4 is 10.6 Å². The summed E-state index contributed by atoms with van der Waals surface area (Å²) in [6.07, 6.45) is 6.59. The van der Waals surface area contributed by atoms with Gasteiger partial charge in [0, 0.05) is 17.8 Å². The zero-order valence-corrected chi connectivity index (χ0v) is 14.7. The highest BCUT2D eigenvalue weighted by Gasteiger charge is 2.18. The number of rotatable bonds is 4. The standard InChI is InChI=1S/C19H22F2N4O/c1-12-10-17(18(26)23-14-6-4-2-3-5-7-14)25-19(22-12)24-16-9-8-13(20)11-15(16)21/h8-11,14H,2-7H2,1H3,(H,23,26)(H,22,24,25). The number of carbonyl (C=O) groups excluding carboxylic acids is 1. The molecule has 2 N–H and O–H groups in total. The van der Waals surface area contributed by atoms with Crippen LogP contribution in [0.1, 0.15) is 54.7 Å². The molecule has 0 aliphatic heterocycles. The lowest BCUT2D eigenvalue weighted by atomic mass is 10.1. The minimum absolute atomic E-state index is 0.0483. The number of carbonyl (C=O) groups is 1. The van der Waals surface area contributed by atoms with Crippen LogP contribution in [0.3, 0.4) is 0 Å². The Balaban J connectivity index is 1.75. The Morgan fingerprint density at radius 3 is 2.50 bits per heavy atom. The molecule has 1 amide bonds. The van der Waals surface area contributed by atoms with Crippen LogP contribution in [0.15, 0.2) is 24.3 Å². The molecule has 1 aliphatic rings. The molecule has 0 radical (unpaired) electrons. The van der Waals surface area contributed by atoms with Gasteiger partial charge in [0.05, 0.1) is 5.69 Å². The van der Waals surface area contributed by atoms with Crippen molar-refractivity contribution in [3.05, 3.63) is 47.3 Å². The van der Waals surface area contributed by atoms with Crippen LogP contribution in [0, 0.1) is 18.6 Å². The van der Waals surface area contributed by atoms with Crippen molar-refractivity contribution in [2.75, 3.05) is 5.32 Å². The maximum Gasteiger partial charge on any atom is 0.270 e. The van der Waals surface area contributed by atoms with Crippen LogP contribution in [0.2, 0.25) is 0 Å². The average Bonchev–Trinajstić information content (AvgIpc) is 2.85. The summed E-state index contributed by atoms with van der Waals surface area (Å²) in [5.41, 5.74) is 0.856.